The van der Waals surface area contributed by atoms with Crippen LogP contribution >= 0.6 is 0 Å². The molecular weight excluding hydrogens is 272 g/mol. The first-order valence-electron chi connectivity index (χ1n) is 6.96. The maximum Gasteiger partial charge on any atom is 0.131 e. The molecule has 0 radical (unpaired) electrons. The average Bonchev–Trinajstić information content (AvgIpc) is 2.46. The lowest BCUT2D eigenvalue weighted by molar-refractivity contribution is 0.390. The summed E-state index contributed by atoms with van der Waals surface area (Å²) in [7, 11) is 1.52. The van der Waals surface area contributed by atoms with E-state index in [1.54, 1.807) is 18.2 Å². The molecule has 0 aliphatic heterocycles. The molecule has 0 saturated heterocycles. The molecule has 2 nitrogen and oxygen atoms in total. The third kappa shape index (κ3) is 3.79. The lowest BCUT2D eigenvalue weighted by Crippen LogP contribution is -2.24. The summed E-state index contributed by atoms with van der Waals surface area (Å²) in [6.07, 6.45) is 0.489. The maximum atomic E-state index is 14.2. The second-order valence-corrected chi connectivity index (χ2v) is 4.80. The van der Waals surface area contributed by atoms with Gasteiger partial charge in [-0.05, 0) is 42.8 Å². The highest BCUT2D eigenvalue weighted by Crippen LogP contribution is 2.30. The number of rotatable bonds is 6. The first-order chi connectivity index (χ1) is 10.2. The van der Waals surface area contributed by atoms with Crippen LogP contribution in [0.15, 0.2) is 42.5 Å². The number of hydrogen-bond donors (Lipinski definition) is 1. The van der Waals surface area contributed by atoms with Crippen LogP contribution in [0.5, 0.6) is 5.75 Å². The molecule has 0 amide bonds. The van der Waals surface area contributed by atoms with Gasteiger partial charge in [0.1, 0.15) is 17.4 Å². The van der Waals surface area contributed by atoms with Crippen molar-refractivity contribution in [1.29, 1.82) is 0 Å². The van der Waals surface area contributed by atoms with Gasteiger partial charge in [-0.3, -0.25) is 0 Å². The minimum absolute atomic E-state index is 0.270. The van der Waals surface area contributed by atoms with Crippen molar-refractivity contribution < 1.29 is 13.5 Å². The lowest BCUT2D eigenvalue weighted by Gasteiger charge is -2.21. The Balaban J connectivity index is 2.35. The number of likely N-dealkylation sites (N-methyl/N-ethyl adjacent to an activating group) is 1. The average molecular weight is 291 g/mol. The van der Waals surface area contributed by atoms with Gasteiger partial charge in [-0.2, -0.15) is 0 Å². The zero-order valence-electron chi connectivity index (χ0n) is 12.2. The summed E-state index contributed by atoms with van der Waals surface area (Å²) >= 11 is 0. The van der Waals surface area contributed by atoms with E-state index in [9.17, 15) is 8.78 Å². The summed E-state index contributed by atoms with van der Waals surface area (Å²) in [6, 6.07) is 10.8. The predicted octanol–water partition coefficient (Wildman–Crippen LogP) is 3.87. The van der Waals surface area contributed by atoms with E-state index in [4.69, 9.17) is 4.74 Å². The Hall–Kier alpha value is -1.94. The number of benzene rings is 2. The van der Waals surface area contributed by atoms with Crippen molar-refractivity contribution in [2.24, 2.45) is 0 Å². The molecule has 2 aromatic carbocycles. The molecule has 0 saturated carbocycles. The highest BCUT2D eigenvalue weighted by molar-refractivity contribution is 5.38. The molecule has 2 aromatic rings. The van der Waals surface area contributed by atoms with Gasteiger partial charge >= 0.3 is 0 Å². The molecule has 0 bridgehead atoms. The third-order valence-electron chi connectivity index (χ3n) is 3.36. The van der Waals surface area contributed by atoms with Crippen molar-refractivity contribution in [1.82, 2.24) is 5.32 Å². The molecule has 1 atom stereocenters. The van der Waals surface area contributed by atoms with Crippen molar-refractivity contribution in [3.63, 3.8) is 0 Å². The number of methoxy groups -OCH3 is 1. The summed E-state index contributed by atoms with van der Waals surface area (Å²) in [6.45, 7) is 2.63. The summed E-state index contributed by atoms with van der Waals surface area (Å²) < 4.78 is 32.8. The third-order valence-corrected chi connectivity index (χ3v) is 3.36. The molecule has 0 aromatic heterocycles. The van der Waals surface area contributed by atoms with E-state index >= 15 is 0 Å². The van der Waals surface area contributed by atoms with Gasteiger partial charge in [-0.15, -0.1) is 0 Å². The Kier molecular flexibility index (Phi) is 5.28. The highest BCUT2D eigenvalue weighted by Gasteiger charge is 2.20. The first kappa shape index (κ1) is 15.4. The number of halogens is 2. The van der Waals surface area contributed by atoms with E-state index in [1.165, 1.54) is 25.3 Å². The molecule has 1 unspecified atom stereocenters. The smallest absolute Gasteiger partial charge is 0.131 e. The molecular formula is C17H19F2NO. The van der Waals surface area contributed by atoms with Crippen LogP contribution in [0.25, 0.3) is 0 Å². The van der Waals surface area contributed by atoms with Crippen molar-refractivity contribution in [2.45, 2.75) is 19.4 Å². The number of nitrogens with one attached hydrogen (secondary N) is 1. The van der Waals surface area contributed by atoms with Crippen molar-refractivity contribution in [2.75, 3.05) is 13.7 Å². The molecule has 112 valence electrons. The number of ether oxygens (including phenoxy) is 1. The fourth-order valence-electron chi connectivity index (χ4n) is 2.46. The van der Waals surface area contributed by atoms with Crippen molar-refractivity contribution >= 4 is 0 Å². The fraction of sp³-hybridized carbons (Fsp3) is 0.294. The maximum absolute atomic E-state index is 14.2. The molecule has 21 heavy (non-hydrogen) atoms. The van der Waals surface area contributed by atoms with E-state index in [-0.39, 0.29) is 17.7 Å². The van der Waals surface area contributed by atoms with Crippen molar-refractivity contribution in [3.05, 3.63) is 65.2 Å². The number of hydrogen-bond acceptors (Lipinski definition) is 2. The van der Waals surface area contributed by atoms with E-state index in [0.29, 0.717) is 24.3 Å². The molecule has 0 heterocycles. The van der Waals surface area contributed by atoms with Gasteiger partial charge in [0.2, 0.25) is 0 Å². The molecule has 4 heteroatoms. The Morgan fingerprint density at radius 1 is 1.14 bits per heavy atom. The normalized spacial score (nSPS) is 12.2. The van der Waals surface area contributed by atoms with Gasteiger partial charge in [-0.1, -0.05) is 25.1 Å². The minimum Gasteiger partial charge on any atom is -0.496 e. The Morgan fingerprint density at radius 2 is 1.90 bits per heavy atom. The molecule has 0 spiro atoms. The second-order valence-electron chi connectivity index (χ2n) is 4.80. The van der Waals surface area contributed by atoms with Crippen LogP contribution in [-0.4, -0.2) is 13.7 Å². The van der Waals surface area contributed by atoms with E-state index in [2.05, 4.69) is 5.32 Å². The highest BCUT2D eigenvalue weighted by atomic mass is 19.1. The second kappa shape index (κ2) is 7.18. The standard InChI is InChI=1S/C17H19F2NO/c1-3-20-15(11-12-6-4-7-13(18)10-12)17-14(19)8-5-9-16(17)21-2/h4-10,15,20H,3,11H2,1-2H3. The minimum atomic E-state index is -0.322. The monoisotopic (exact) mass is 291 g/mol. The van der Waals surface area contributed by atoms with Gasteiger partial charge in [0.25, 0.3) is 0 Å². The van der Waals surface area contributed by atoms with Gasteiger partial charge in [-0.25, -0.2) is 8.78 Å². The van der Waals surface area contributed by atoms with Crippen LogP contribution in [0.4, 0.5) is 8.78 Å². The lowest BCUT2D eigenvalue weighted by atomic mass is 9.97. The Labute approximate surface area is 123 Å². The first-order valence-corrected chi connectivity index (χ1v) is 6.96. The van der Waals surface area contributed by atoms with Crippen molar-refractivity contribution in [3.8, 4) is 5.75 Å². The predicted molar refractivity (Wildman–Crippen MR) is 79.5 cm³/mol. The van der Waals surface area contributed by atoms with Crippen LogP contribution in [0, 0.1) is 11.6 Å². The molecule has 0 fully saturated rings. The SMILES string of the molecule is CCNC(Cc1cccc(F)c1)c1c(F)cccc1OC. The van der Waals surface area contributed by atoms with Gasteiger partial charge in [0, 0.05) is 11.6 Å². The zero-order chi connectivity index (χ0) is 15.2. The summed E-state index contributed by atoms with van der Waals surface area (Å²) in [5.41, 5.74) is 1.29. The summed E-state index contributed by atoms with van der Waals surface area (Å²) in [4.78, 5) is 0. The van der Waals surface area contributed by atoms with Crippen LogP contribution in [0.3, 0.4) is 0 Å². The Morgan fingerprint density at radius 3 is 2.57 bits per heavy atom. The molecule has 2 rings (SSSR count). The van der Waals surface area contributed by atoms with Crippen LogP contribution in [0.1, 0.15) is 24.1 Å². The molecule has 0 aliphatic rings. The zero-order valence-corrected chi connectivity index (χ0v) is 12.2. The van der Waals surface area contributed by atoms with Crippen LogP contribution < -0.4 is 10.1 Å². The van der Waals surface area contributed by atoms with Gasteiger partial charge in [0.15, 0.2) is 0 Å². The van der Waals surface area contributed by atoms with Gasteiger partial charge < -0.3 is 10.1 Å². The fourth-order valence-corrected chi connectivity index (χ4v) is 2.46. The molecule has 0 aliphatic carbocycles. The summed E-state index contributed by atoms with van der Waals surface area (Å²) in [5, 5.41) is 3.24. The van der Waals surface area contributed by atoms with E-state index < -0.39 is 0 Å². The van der Waals surface area contributed by atoms with E-state index in [1.807, 2.05) is 13.0 Å². The quantitative estimate of drug-likeness (QED) is 0.872. The van der Waals surface area contributed by atoms with E-state index in [0.717, 1.165) is 5.56 Å². The topological polar surface area (TPSA) is 21.3 Å². The Bertz CT molecular complexity index is 601. The van der Waals surface area contributed by atoms with Gasteiger partial charge in [0.05, 0.1) is 7.11 Å². The van der Waals surface area contributed by atoms with Crippen LogP contribution in [-0.2, 0) is 6.42 Å². The largest absolute Gasteiger partial charge is 0.496 e. The molecule has 1 N–H and O–H groups in total. The summed E-state index contributed by atoms with van der Waals surface area (Å²) in [5.74, 6) is -0.114. The van der Waals surface area contributed by atoms with Crippen LogP contribution in [0.2, 0.25) is 0 Å².